The summed E-state index contributed by atoms with van der Waals surface area (Å²) in [6, 6.07) is 7.60. The van der Waals surface area contributed by atoms with Crippen LogP contribution in [0.5, 0.6) is 0 Å². The molecule has 0 radical (unpaired) electrons. The second-order valence-corrected chi connectivity index (χ2v) is 5.48. The van der Waals surface area contributed by atoms with E-state index in [2.05, 4.69) is 15.9 Å². The van der Waals surface area contributed by atoms with Gasteiger partial charge in [0.1, 0.15) is 0 Å². The topological polar surface area (TPSA) is 46.6 Å². The Hall–Kier alpha value is -1.36. The molecule has 1 aliphatic heterocycles. The Morgan fingerprint density at radius 1 is 1.25 bits per heavy atom. The molecule has 1 aliphatic rings. The van der Waals surface area contributed by atoms with Crippen LogP contribution in [-0.2, 0) is 14.9 Å². The van der Waals surface area contributed by atoms with Crippen LogP contribution in [0.15, 0.2) is 24.3 Å². The summed E-state index contributed by atoms with van der Waals surface area (Å²) in [6.45, 7) is 1.22. The SMILES string of the molecule is COC(=O)C1CCN(C(=O)c2ccc(CBr)cc2)CC1. The van der Waals surface area contributed by atoms with Gasteiger partial charge in [-0.1, -0.05) is 28.1 Å². The molecule has 0 N–H and O–H groups in total. The van der Waals surface area contributed by atoms with Crippen molar-refractivity contribution in [2.75, 3.05) is 20.2 Å². The lowest BCUT2D eigenvalue weighted by Gasteiger charge is -2.30. The number of methoxy groups -OCH3 is 1. The van der Waals surface area contributed by atoms with Crippen molar-refractivity contribution in [1.82, 2.24) is 4.90 Å². The molecule has 1 amide bonds. The third kappa shape index (κ3) is 3.39. The predicted molar refractivity (Wildman–Crippen MR) is 79.7 cm³/mol. The van der Waals surface area contributed by atoms with Crippen molar-refractivity contribution in [3.63, 3.8) is 0 Å². The summed E-state index contributed by atoms with van der Waals surface area (Å²) in [7, 11) is 1.41. The zero-order valence-corrected chi connectivity index (χ0v) is 13.1. The molecular formula is C15H18BrNO3. The lowest BCUT2D eigenvalue weighted by molar-refractivity contribution is -0.146. The molecule has 2 rings (SSSR count). The Kier molecular flexibility index (Phi) is 5.17. The van der Waals surface area contributed by atoms with E-state index in [-0.39, 0.29) is 17.8 Å². The third-order valence-corrected chi connectivity index (χ3v) is 4.32. The maximum atomic E-state index is 12.3. The van der Waals surface area contributed by atoms with Crippen molar-refractivity contribution in [2.24, 2.45) is 5.92 Å². The van der Waals surface area contributed by atoms with Gasteiger partial charge in [0.2, 0.25) is 0 Å². The number of likely N-dealkylation sites (tertiary alicyclic amines) is 1. The lowest BCUT2D eigenvalue weighted by atomic mass is 9.96. The monoisotopic (exact) mass is 339 g/mol. The highest BCUT2D eigenvalue weighted by atomic mass is 79.9. The Morgan fingerprint density at radius 2 is 1.85 bits per heavy atom. The maximum Gasteiger partial charge on any atom is 0.308 e. The van der Waals surface area contributed by atoms with Gasteiger partial charge in [-0.3, -0.25) is 9.59 Å². The molecule has 0 bridgehead atoms. The van der Waals surface area contributed by atoms with E-state index in [0.29, 0.717) is 31.5 Å². The molecule has 0 saturated carbocycles. The average molecular weight is 340 g/mol. The van der Waals surface area contributed by atoms with Gasteiger partial charge in [0.25, 0.3) is 5.91 Å². The maximum absolute atomic E-state index is 12.3. The molecular weight excluding hydrogens is 322 g/mol. The zero-order valence-electron chi connectivity index (χ0n) is 11.5. The first-order valence-electron chi connectivity index (χ1n) is 6.67. The second kappa shape index (κ2) is 6.88. The highest BCUT2D eigenvalue weighted by Crippen LogP contribution is 2.20. The summed E-state index contributed by atoms with van der Waals surface area (Å²) >= 11 is 3.38. The van der Waals surface area contributed by atoms with E-state index in [9.17, 15) is 9.59 Å². The molecule has 0 atom stereocenters. The first kappa shape index (κ1) is 15.0. The van der Waals surface area contributed by atoms with Crippen molar-refractivity contribution in [3.8, 4) is 0 Å². The Balaban J connectivity index is 1.95. The number of nitrogens with zero attached hydrogens (tertiary/aromatic N) is 1. The van der Waals surface area contributed by atoms with Gasteiger partial charge >= 0.3 is 5.97 Å². The van der Waals surface area contributed by atoms with Crippen LogP contribution in [0.4, 0.5) is 0 Å². The molecule has 1 aromatic rings. The number of benzene rings is 1. The highest BCUT2D eigenvalue weighted by molar-refractivity contribution is 9.08. The molecule has 0 aromatic heterocycles. The minimum atomic E-state index is -0.168. The lowest BCUT2D eigenvalue weighted by Crippen LogP contribution is -2.40. The van der Waals surface area contributed by atoms with Gasteiger partial charge in [0, 0.05) is 24.0 Å². The molecule has 0 spiro atoms. The Bertz CT molecular complexity index is 478. The van der Waals surface area contributed by atoms with E-state index in [4.69, 9.17) is 4.74 Å². The first-order chi connectivity index (χ1) is 9.65. The van der Waals surface area contributed by atoms with E-state index in [0.717, 1.165) is 10.9 Å². The van der Waals surface area contributed by atoms with Gasteiger partial charge in [0.05, 0.1) is 13.0 Å². The molecule has 4 nitrogen and oxygen atoms in total. The first-order valence-corrected chi connectivity index (χ1v) is 7.80. The molecule has 1 aromatic carbocycles. The number of rotatable bonds is 3. The molecule has 20 heavy (non-hydrogen) atoms. The number of piperidine rings is 1. The van der Waals surface area contributed by atoms with Crippen LogP contribution in [0.1, 0.15) is 28.8 Å². The van der Waals surface area contributed by atoms with Gasteiger partial charge in [-0.25, -0.2) is 0 Å². The fourth-order valence-corrected chi connectivity index (χ4v) is 2.78. The number of hydrogen-bond donors (Lipinski definition) is 0. The molecule has 0 unspecified atom stereocenters. The summed E-state index contributed by atoms with van der Waals surface area (Å²) in [5.74, 6) is -0.201. The van der Waals surface area contributed by atoms with Crippen molar-refractivity contribution >= 4 is 27.8 Å². The third-order valence-electron chi connectivity index (χ3n) is 3.67. The van der Waals surface area contributed by atoms with E-state index >= 15 is 0 Å². The molecule has 1 fully saturated rings. The molecule has 1 saturated heterocycles. The van der Waals surface area contributed by atoms with Crippen LogP contribution in [0.25, 0.3) is 0 Å². The minimum absolute atomic E-state index is 0.0365. The van der Waals surface area contributed by atoms with Crippen LogP contribution in [-0.4, -0.2) is 37.0 Å². The molecule has 0 aliphatic carbocycles. The standard InChI is InChI=1S/C15H18BrNO3/c1-20-15(19)13-6-8-17(9-7-13)14(18)12-4-2-11(10-16)3-5-12/h2-5,13H,6-10H2,1H3. The van der Waals surface area contributed by atoms with Crippen LogP contribution < -0.4 is 0 Å². The molecule has 5 heteroatoms. The Morgan fingerprint density at radius 3 is 2.35 bits per heavy atom. The highest BCUT2D eigenvalue weighted by Gasteiger charge is 2.28. The number of ether oxygens (including phenoxy) is 1. The van der Waals surface area contributed by atoms with Crippen LogP contribution in [0.2, 0.25) is 0 Å². The number of halogens is 1. The summed E-state index contributed by atoms with van der Waals surface area (Å²) in [5, 5.41) is 0.784. The predicted octanol–water partition coefficient (Wildman–Crippen LogP) is 2.61. The number of esters is 1. The number of amides is 1. The quantitative estimate of drug-likeness (QED) is 0.628. The van der Waals surface area contributed by atoms with Crippen molar-refractivity contribution in [3.05, 3.63) is 35.4 Å². The van der Waals surface area contributed by atoms with E-state index in [1.165, 1.54) is 7.11 Å². The number of hydrogen-bond acceptors (Lipinski definition) is 3. The van der Waals surface area contributed by atoms with Gasteiger partial charge in [-0.15, -0.1) is 0 Å². The van der Waals surface area contributed by atoms with Gasteiger partial charge in [-0.2, -0.15) is 0 Å². The van der Waals surface area contributed by atoms with Gasteiger partial charge in [-0.05, 0) is 30.5 Å². The average Bonchev–Trinajstić information content (AvgIpc) is 2.53. The van der Waals surface area contributed by atoms with E-state index < -0.39 is 0 Å². The van der Waals surface area contributed by atoms with Gasteiger partial charge < -0.3 is 9.64 Å². The second-order valence-electron chi connectivity index (χ2n) is 4.92. The van der Waals surface area contributed by atoms with Crippen LogP contribution in [0.3, 0.4) is 0 Å². The van der Waals surface area contributed by atoms with Crippen molar-refractivity contribution < 1.29 is 14.3 Å². The fraction of sp³-hybridized carbons (Fsp3) is 0.467. The largest absolute Gasteiger partial charge is 0.469 e. The van der Waals surface area contributed by atoms with Crippen LogP contribution >= 0.6 is 15.9 Å². The Labute approximate surface area is 127 Å². The van der Waals surface area contributed by atoms with Crippen molar-refractivity contribution in [1.29, 1.82) is 0 Å². The van der Waals surface area contributed by atoms with Crippen LogP contribution in [0, 0.1) is 5.92 Å². The van der Waals surface area contributed by atoms with E-state index in [1.54, 1.807) is 0 Å². The number of carbonyl (C=O) groups is 2. The smallest absolute Gasteiger partial charge is 0.308 e. The van der Waals surface area contributed by atoms with Gasteiger partial charge in [0.15, 0.2) is 0 Å². The number of carbonyl (C=O) groups excluding carboxylic acids is 2. The normalized spacial score (nSPS) is 16.0. The zero-order chi connectivity index (χ0) is 14.5. The minimum Gasteiger partial charge on any atom is -0.469 e. The molecule has 1 heterocycles. The molecule has 108 valence electrons. The number of alkyl halides is 1. The summed E-state index contributed by atoms with van der Waals surface area (Å²) in [5.41, 5.74) is 1.84. The fourth-order valence-electron chi connectivity index (χ4n) is 2.40. The summed E-state index contributed by atoms with van der Waals surface area (Å²) in [4.78, 5) is 25.6. The van der Waals surface area contributed by atoms with Crippen molar-refractivity contribution in [2.45, 2.75) is 18.2 Å². The summed E-state index contributed by atoms with van der Waals surface area (Å²) in [6.07, 6.45) is 1.36. The van der Waals surface area contributed by atoms with E-state index in [1.807, 2.05) is 29.2 Å². The summed E-state index contributed by atoms with van der Waals surface area (Å²) < 4.78 is 4.75.